The lowest BCUT2D eigenvalue weighted by Gasteiger charge is -2.05. The fourth-order valence-corrected chi connectivity index (χ4v) is 4.51. The van der Waals surface area contributed by atoms with Crippen molar-refractivity contribution in [2.45, 2.75) is 76.9 Å². The number of benzene rings is 1. The zero-order valence-electron chi connectivity index (χ0n) is 15.8. The standard InChI is InChI=1S/C20H34NO2S.ClH/c1-3-4-5-6-7-8-9-10-11-12-17-24(2)18-19-13-15-20(16-14-19)21(22)23;/h13-16H,3-12,17-18H2,1-2H3;1H/q+1;/p-1. The van der Waals surface area contributed by atoms with Crippen LogP contribution in [0.1, 0.15) is 76.7 Å². The molecule has 1 unspecified atom stereocenters. The Morgan fingerprint density at radius 1 is 0.880 bits per heavy atom. The fraction of sp³-hybridized carbons (Fsp3) is 0.700. The molecule has 0 aromatic heterocycles. The van der Waals surface area contributed by atoms with E-state index < -0.39 is 0 Å². The Balaban J connectivity index is 0.00000576. The van der Waals surface area contributed by atoms with E-state index in [1.807, 2.05) is 12.1 Å². The molecule has 0 saturated heterocycles. The normalized spacial score (nSPS) is 11.8. The number of hydrogen-bond acceptors (Lipinski definition) is 2. The summed E-state index contributed by atoms with van der Waals surface area (Å²) >= 11 is 0. The molecule has 1 aromatic carbocycles. The van der Waals surface area contributed by atoms with Gasteiger partial charge >= 0.3 is 0 Å². The maximum Gasteiger partial charge on any atom is 0.269 e. The Hall–Kier alpha value is -0.740. The molecule has 1 aromatic rings. The first-order valence-electron chi connectivity index (χ1n) is 9.46. The van der Waals surface area contributed by atoms with E-state index in [4.69, 9.17) is 0 Å². The van der Waals surface area contributed by atoms with Gasteiger partial charge in [0.2, 0.25) is 0 Å². The molecule has 144 valence electrons. The zero-order valence-corrected chi connectivity index (χ0v) is 17.4. The van der Waals surface area contributed by atoms with E-state index in [1.165, 1.54) is 75.5 Å². The topological polar surface area (TPSA) is 43.1 Å². The van der Waals surface area contributed by atoms with Crippen LogP contribution in [0.5, 0.6) is 0 Å². The van der Waals surface area contributed by atoms with Crippen LogP contribution in [0.2, 0.25) is 0 Å². The van der Waals surface area contributed by atoms with Gasteiger partial charge in [0.05, 0.1) is 11.2 Å². The van der Waals surface area contributed by atoms with Crippen molar-refractivity contribution in [2.24, 2.45) is 0 Å². The molecule has 0 saturated carbocycles. The predicted octanol–water partition coefficient (Wildman–Crippen LogP) is 3.27. The van der Waals surface area contributed by atoms with Gasteiger partial charge in [0.1, 0.15) is 11.5 Å². The van der Waals surface area contributed by atoms with Crippen molar-refractivity contribution in [3.63, 3.8) is 0 Å². The Bertz CT molecular complexity index is 454. The number of nitro groups is 1. The van der Waals surface area contributed by atoms with Crippen molar-refractivity contribution in [1.29, 1.82) is 0 Å². The molecule has 0 bridgehead atoms. The Morgan fingerprint density at radius 3 is 1.84 bits per heavy atom. The van der Waals surface area contributed by atoms with Crippen LogP contribution in [0.3, 0.4) is 0 Å². The van der Waals surface area contributed by atoms with Gasteiger partial charge in [-0.1, -0.05) is 58.3 Å². The average molecular weight is 388 g/mol. The summed E-state index contributed by atoms with van der Waals surface area (Å²) in [5.74, 6) is 2.34. The first-order valence-corrected chi connectivity index (χ1v) is 11.4. The van der Waals surface area contributed by atoms with E-state index in [9.17, 15) is 10.1 Å². The highest BCUT2D eigenvalue weighted by molar-refractivity contribution is 7.95. The number of rotatable bonds is 14. The summed E-state index contributed by atoms with van der Waals surface area (Å²) in [7, 11) is 0.379. The predicted molar refractivity (Wildman–Crippen MR) is 107 cm³/mol. The Morgan fingerprint density at radius 2 is 1.36 bits per heavy atom. The lowest BCUT2D eigenvalue weighted by atomic mass is 10.1. The maximum absolute atomic E-state index is 10.7. The van der Waals surface area contributed by atoms with Gasteiger partial charge in [0.15, 0.2) is 0 Å². The van der Waals surface area contributed by atoms with Crippen LogP contribution in [0, 0.1) is 10.1 Å². The van der Waals surface area contributed by atoms with Crippen LogP contribution in [-0.4, -0.2) is 16.9 Å². The van der Waals surface area contributed by atoms with Crippen LogP contribution >= 0.6 is 0 Å². The number of nitro benzene ring substituents is 1. The summed E-state index contributed by atoms with van der Waals surface area (Å²) in [6.07, 6.45) is 16.1. The van der Waals surface area contributed by atoms with Crippen molar-refractivity contribution in [1.82, 2.24) is 0 Å². The minimum absolute atomic E-state index is 0. The zero-order chi connectivity index (χ0) is 17.6. The number of nitrogens with zero attached hydrogens (tertiary/aromatic N) is 1. The third-order valence-corrected chi connectivity index (χ3v) is 6.22. The first-order chi connectivity index (χ1) is 11.6. The second-order valence-electron chi connectivity index (χ2n) is 6.74. The van der Waals surface area contributed by atoms with Crippen molar-refractivity contribution in [3.8, 4) is 0 Å². The van der Waals surface area contributed by atoms with Gasteiger partial charge in [-0.05, 0) is 35.9 Å². The van der Waals surface area contributed by atoms with E-state index in [2.05, 4.69) is 13.2 Å². The lowest BCUT2D eigenvalue weighted by Crippen LogP contribution is -3.00. The van der Waals surface area contributed by atoms with Gasteiger partial charge in [0, 0.05) is 17.7 Å². The molecule has 0 radical (unpaired) electrons. The molecule has 1 rings (SSSR count). The molecular weight excluding hydrogens is 354 g/mol. The summed E-state index contributed by atoms with van der Waals surface area (Å²) in [5, 5.41) is 10.7. The summed E-state index contributed by atoms with van der Waals surface area (Å²) in [5.41, 5.74) is 1.41. The third-order valence-electron chi connectivity index (χ3n) is 4.41. The molecule has 0 fully saturated rings. The van der Waals surface area contributed by atoms with Gasteiger partial charge in [-0.15, -0.1) is 0 Å². The molecule has 0 aliphatic rings. The molecule has 1 atom stereocenters. The second-order valence-corrected chi connectivity index (χ2v) is 9.00. The molecule has 0 aliphatic heterocycles. The van der Waals surface area contributed by atoms with Crippen LogP contribution in [0.15, 0.2) is 24.3 Å². The molecule has 0 spiro atoms. The van der Waals surface area contributed by atoms with Crippen LogP contribution in [0.25, 0.3) is 0 Å². The molecule has 3 nitrogen and oxygen atoms in total. The SMILES string of the molecule is CCCCCCCCCCCC[S+](C)Cc1ccc([N+](=O)[O-])cc1.[Cl-]. The Kier molecular flexibility index (Phi) is 15.1. The highest BCUT2D eigenvalue weighted by Crippen LogP contribution is 2.16. The van der Waals surface area contributed by atoms with Gasteiger partial charge in [-0.2, -0.15) is 0 Å². The minimum atomic E-state index is -0.334. The summed E-state index contributed by atoms with van der Waals surface area (Å²) in [6.45, 7) is 2.27. The van der Waals surface area contributed by atoms with Crippen molar-refractivity contribution >= 4 is 16.6 Å². The largest absolute Gasteiger partial charge is 1.00 e. The molecule has 25 heavy (non-hydrogen) atoms. The molecule has 0 amide bonds. The monoisotopic (exact) mass is 387 g/mol. The number of halogens is 1. The molecule has 5 heteroatoms. The van der Waals surface area contributed by atoms with Gasteiger partial charge < -0.3 is 12.4 Å². The van der Waals surface area contributed by atoms with Crippen molar-refractivity contribution in [3.05, 3.63) is 39.9 Å². The van der Waals surface area contributed by atoms with E-state index in [1.54, 1.807) is 12.1 Å². The summed E-state index contributed by atoms with van der Waals surface area (Å²) in [6, 6.07) is 7.04. The minimum Gasteiger partial charge on any atom is -1.00 e. The Labute approximate surface area is 162 Å². The molecule has 0 aliphatic carbocycles. The number of unbranched alkanes of at least 4 members (excludes halogenated alkanes) is 9. The summed E-state index contributed by atoms with van der Waals surface area (Å²) < 4.78 is 0. The smallest absolute Gasteiger partial charge is 0.269 e. The van der Waals surface area contributed by atoms with Crippen LogP contribution in [-0.2, 0) is 16.6 Å². The molecule has 0 heterocycles. The highest BCUT2D eigenvalue weighted by atomic mass is 35.5. The number of non-ortho nitro benzene ring substituents is 1. The van der Waals surface area contributed by atoms with Gasteiger partial charge in [-0.3, -0.25) is 10.1 Å². The van der Waals surface area contributed by atoms with Crippen molar-refractivity contribution in [2.75, 3.05) is 12.0 Å². The average Bonchev–Trinajstić information content (AvgIpc) is 2.57. The van der Waals surface area contributed by atoms with E-state index in [0.29, 0.717) is 10.9 Å². The summed E-state index contributed by atoms with van der Waals surface area (Å²) in [4.78, 5) is 10.3. The maximum atomic E-state index is 10.7. The van der Waals surface area contributed by atoms with Gasteiger partial charge in [0.25, 0.3) is 5.69 Å². The van der Waals surface area contributed by atoms with Crippen LogP contribution < -0.4 is 12.4 Å². The first kappa shape index (κ1) is 24.3. The van der Waals surface area contributed by atoms with E-state index in [-0.39, 0.29) is 23.0 Å². The van der Waals surface area contributed by atoms with Crippen LogP contribution in [0.4, 0.5) is 5.69 Å². The third kappa shape index (κ3) is 12.3. The molecule has 0 N–H and O–H groups in total. The fourth-order valence-electron chi connectivity index (χ4n) is 2.91. The quantitative estimate of drug-likeness (QED) is 0.213. The van der Waals surface area contributed by atoms with E-state index in [0.717, 1.165) is 5.75 Å². The molecular formula is C20H34ClNO2S. The second kappa shape index (κ2) is 15.5. The van der Waals surface area contributed by atoms with Gasteiger partial charge in [-0.25, -0.2) is 0 Å². The number of hydrogen-bond donors (Lipinski definition) is 0. The lowest BCUT2D eigenvalue weighted by molar-refractivity contribution is -0.384. The van der Waals surface area contributed by atoms with Crippen molar-refractivity contribution < 1.29 is 17.3 Å². The van der Waals surface area contributed by atoms with E-state index >= 15 is 0 Å². The highest BCUT2D eigenvalue weighted by Gasteiger charge is 2.13.